The van der Waals surface area contributed by atoms with Crippen molar-refractivity contribution in [1.82, 2.24) is 10.2 Å². The third-order valence-electron chi connectivity index (χ3n) is 6.92. The van der Waals surface area contributed by atoms with E-state index in [0.29, 0.717) is 11.6 Å². The van der Waals surface area contributed by atoms with Crippen molar-refractivity contribution in [3.8, 4) is 0 Å². The molecule has 0 spiro atoms. The topological polar surface area (TPSA) is 49.4 Å². The first-order valence-electron chi connectivity index (χ1n) is 12.5. The zero-order valence-electron chi connectivity index (χ0n) is 20.2. The molecule has 1 N–H and O–H groups in total. The SMILES string of the molecule is C[C@H](C(=O)NC1CCCC1)N(Cc1ccc(Cl)cc1)C(=O)CC(c1ccccc1)c1ccccc1. The zero-order chi connectivity index (χ0) is 24.6. The van der Waals surface area contributed by atoms with Gasteiger partial charge in [-0.15, -0.1) is 0 Å². The lowest BCUT2D eigenvalue weighted by atomic mass is 9.88. The van der Waals surface area contributed by atoms with E-state index < -0.39 is 6.04 Å². The highest BCUT2D eigenvalue weighted by Gasteiger charge is 2.30. The Kier molecular flexibility index (Phi) is 8.59. The smallest absolute Gasteiger partial charge is 0.242 e. The normalized spacial score (nSPS) is 14.6. The molecule has 0 aliphatic heterocycles. The number of carbonyl (C=O) groups is 2. The Morgan fingerprint density at radius 1 is 0.886 bits per heavy atom. The lowest BCUT2D eigenvalue weighted by Crippen LogP contribution is -2.49. The summed E-state index contributed by atoms with van der Waals surface area (Å²) in [6.45, 7) is 2.18. The van der Waals surface area contributed by atoms with Crippen molar-refractivity contribution >= 4 is 23.4 Å². The first-order valence-corrected chi connectivity index (χ1v) is 12.8. The van der Waals surface area contributed by atoms with Gasteiger partial charge in [-0.25, -0.2) is 0 Å². The second-order valence-corrected chi connectivity index (χ2v) is 9.83. The van der Waals surface area contributed by atoms with Gasteiger partial charge in [0.05, 0.1) is 0 Å². The van der Waals surface area contributed by atoms with Crippen LogP contribution in [0.15, 0.2) is 84.9 Å². The molecule has 0 saturated heterocycles. The summed E-state index contributed by atoms with van der Waals surface area (Å²) in [6.07, 6.45) is 4.58. The molecule has 0 unspecified atom stereocenters. The van der Waals surface area contributed by atoms with E-state index in [1.165, 1.54) is 0 Å². The number of hydrogen-bond acceptors (Lipinski definition) is 2. The maximum absolute atomic E-state index is 13.9. The van der Waals surface area contributed by atoms with E-state index in [4.69, 9.17) is 11.6 Å². The van der Waals surface area contributed by atoms with E-state index >= 15 is 0 Å². The fourth-order valence-corrected chi connectivity index (χ4v) is 4.98. The third kappa shape index (κ3) is 6.73. The van der Waals surface area contributed by atoms with Gasteiger partial charge < -0.3 is 10.2 Å². The van der Waals surface area contributed by atoms with Gasteiger partial charge in [0.1, 0.15) is 6.04 Å². The van der Waals surface area contributed by atoms with E-state index in [2.05, 4.69) is 29.6 Å². The van der Waals surface area contributed by atoms with E-state index in [0.717, 1.165) is 42.4 Å². The van der Waals surface area contributed by atoms with Crippen molar-refractivity contribution < 1.29 is 9.59 Å². The minimum atomic E-state index is -0.578. The van der Waals surface area contributed by atoms with E-state index in [-0.39, 0.29) is 30.2 Å². The average molecular weight is 489 g/mol. The summed E-state index contributed by atoms with van der Waals surface area (Å²) < 4.78 is 0. The Balaban J connectivity index is 1.59. The molecule has 182 valence electrons. The van der Waals surface area contributed by atoms with Gasteiger partial charge in [0.15, 0.2) is 0 Å². The summed E-state index contributed by atoms with van der Waals surface area (Å²) in [5.41, 5.74) is 3.11. The largest absolute Gasteiger partial charge is 0.352 e. The number of amides is 2. The molecule has 0 radical (unpaired) electrons. The molecular formula is C30H33ClN2O2. The molecule has 0 aromatic heterocycles. The van der Waals surface area contributed by atoms with Crippen LogP contribution in [0.2, 0.25) is 5.02 Å². The molecule has 2 amide bonds. The molecule has 4 rings (SSSR count). The van der Waals surface area contributed by atoms with Crippen molar-refractivity contribution in [1.29, 1.82) is 0 Å². The molecule has 1 saturated carbocycles. The third-order valence-corrected chi connectivity index (χ3v) is 7.17. The zero-order valence-corrected chi connectivity index (χ0v) is 21.0. The van der Waals surface area contributed by atoms with Crippen LogP contribution in [0.4, 0.5) is 0 Å². The Hall–Kier alpha value is -3.11. The van der Waals surface area contributed by atoms with Crippen molar-refractivity contribution in [2.24, 2.45) is 0 Å². The van der Waals surface area contributed by atoms with E-state index in [9.17, 15) is 9.59 Å². The van der Waals surface area contributed by atoms with Crippen LogP contribution in [0.25, 0.3) is 0 Å². The Morgan fingerprint density at radius 2 is 1.43 bits per heavy atom. The number of hydrogen-bond donors (Lipinski definition) is 1. The minimum absolute atomic E-state index is 0.0493. The van der Waals surface area contributed by atoms with Crippen LogP contribution in [0.5, 0.6) is 0 Å². The standard InChI is InChI=1S/C30H33ClN2O2/c1-22(30(35)32-27-14-8-9-15-27)33(21-23-16-18-26(31)19-17-23)29(34)20-28(24-10-4-2-5-11-24)25-12-6-3-7-13-25/h2-7,10-13,16-19,22,27-28H,8-9,14-15,20-21H2,1H3,(H,32,35)/t22-/m1/s1. The maximum Gasteiger partial charge on any atom is 0.242 e. The molecule has 0 bridgehead atoms. The van der Waals surface area contributed by atoms with Crippen LogP contribution in [0, 0.1) is 0 Å². The van der Waals surface area contributed by atoms with Crippen LogP contribution in [-0.4, -0.2) is 28.8 Å². The van der Waals surface area contributed by atoms with Gasteiger partial charge in [0.25, 0.3) is 0 Å². The maximum atomic E-state index is 13.9. The Labute approximate surface area is 213 Å². The fourth-order valence-electron chi connectivity index (χ4n) is 4.85. The Morgan fingerprint density at radius 3 is 1.97 bits per heavy atom. The highest BCUT2D eigenvalue weighted by molar-refractivity contribution is 6.30. The second kappa shape index (κ2) is 12.0. The molecular weight excluding hydrogens is 456 g/mol. The lowest BCUT2D eigenvalue weighted by Gasteiger charge is -2.31. The monoisotopic (exact) mass is 488 g/mol. The van der Waals surface area contributed by atoms with Gasteiger partial charge in [-0.3, -0.25) is 9.59 Å². The van der Waals surface area contributed by atoms with Crippen LogP contribution >= 0.6 is 11.6 Å². The van der Waals surface area contributed by atoms with Crippen molar-refractivity contribution in [3.63, 3.8) is 0 Å². The number of nitrogens with one attached hydrogen (secondary N) is 1. The molecule has 5 heteroatoms. The summed E-state index contributed by atoms with van der Waals surface area (Å²) in [5.74, 6) is -0.232. The van der Waals surface area contributed by atoms with Crippen molar-refractivity contribution in [2.75, 3.05) is 0 Å². The summed E-state index contributed by atoms with van der Waals surface area (Å²) in [5, 5.41) is 3.82. The highest BCUT2D eigenvalue weighted by atomic mass is 35.5. The molecule has 3 aromatic carbocycles. The van der Waals surface area contributed by atoms with Gasteiger partial charge in [0, 0.05) is 29.9 Å². The first kappa shape index (κ1) is 25.0. The summed E-state index contributed by atoms with van der Waals surface area (Å²) in [6, 6.07) is 27.3. The number of halogens is 1. The minimum Gasteiger partial charge on any atom is -0.352 e. The molecule has 1 aliphatic rings. The number of nitrogens with zero attached hydrogens (tertiary/aromatic N) is 1. The molecule has 35 heavy (non-hydrogen) atoms. The van der Waals surface area contributed by atoms with Gasteiger partial charge in [0.2, 0.25) is 11.8 Å². The van der Waals surface area contributed by atoms with Crippen LogP contribution in [0.1, 0.15) is 61.6 Å². The van der Waals surface area contributed by atoms with Crippen LogP contribution in [-0.2, 0) is 16.1 Å². The van der Waals surface area contributed by atoms with Crippen LogP contribution in [0.3, 0.4) is 0 Å². The summed E-state index contributed by atoms with van der Waals surface area (Å²) in [4.78, 5) is 28.8. The highest BCUT2D eigenvalue weighted by Crippen LogP contribution is 2.29. The molecule has 0 heterocycles. The predicted octanol–water partition coefficient (Wildman–Crippen LogP) is 6.34. The van der Waals surface area contributed by atoms with Crippen LogP contribution < -0.4 is 5.32 Å². The average Bonchev–Trinajstić information content (AvgIpc) is 3.40. The summed E-state index contributed by atoms with van der Waals surface area (Å²) in [7, 11) is 0. The van der Waals surface area contributed by atoms with E-state index in [1.54, 1.807) is 4.90 Å². The molecule has 4 nitrogen and oxygen atoms in total. The first-order chi connectivity index (χ1) is 17.0. The fraction of sp³-hybridized carbons (Fsp3) is 0.333. The van der Waals surface area contributed by atoms with Gasteiger partial charge in [-0.1, -0.05) is 97.2 Å². The molecule has 1 atom stereocenters. The second-order valence-electron chi connectivity index (χ2n) is 9.39. The van der Waals surface area contributed by atoms with Gasteiger partial charge >= 0.3 is 0 Å². The van der Waals surface area contributed by atoms with Gasteiger partial charge in [-0.2, -0.15) is 0 Å². The van der Waals surface area contributed by atoms with Crippen molar-refractivity contribution in [2.45, 2.75) is 63.6 Å². The van der Waals surface area contributed by atoms with Crippen molar-refractivity contribution in [3.05, 3.63) is 107 Å². The van der Waals surface area contributed by atoms with Gasteiger partial charge in [-0.05, 0) is 48.6 Å². The number of carbonyl (C=O) groups excluding carboxylic acids is 2. The number of benzene rings is 3. The molecule has 1 aliphatic carbocycles. The van der Waals surface area contributed by atoms with E-state index in [1.807, 2.05) is 67.6 Å². The molecule has 3 aromatic rings. The quantitative estimate of drug-likeness (QED) is 0.382. The predicted molar refractivity (Wildman–Crippen MR) is 141 cm³/mol. The molecule has 1 fully saturated rings. The lowest BCUT2D eigenvalue weighted by molar-refractivity contribution is -0.141. The summed E-state index contributed by atoms with van der Waals surface area (Å²) >= 11 is 6.08. The number of rotatable bonds is 9. The Bertz CT molecular complexity index is 1060.